The zero-order chi connectivity index (χ0) is 14.8. The molecule has 0 aliphatic carbocycles. The Labute approximate surface area is 121 Å². The summed E-state index contributed by atoms with van der Waals surface area (Å²) in [6.07, 6.45) is 1.49. The number of rotatable bonds is 2. The van der Waals surface area contributed by atoms with Gasteiger partial charge in [0, 0.05) is 11.9 Å². The largest absolute Gasteiger partial charge is 0.383 e. The Balaban J connectivity index is 1.86. The van der Waals surface area contributed by atoms with E-state index >= 15 is 0 Å². The highest BCUT2D eigenvalue weighted by molar-refractivity contribution is 6.01. The average molecular weight is 284 g/mol. The Morgan fingerprint density at radius 2 is 2.19 bits per heavy atom. The quantitative estimate of drug-likeness (QED) is 0.760. The lowest BCUT2D eigenvalue weighted by Crippen LogP contribution is -2.50. The highest BCUT2D eigenvalue weighted by Crippen LogP contribution is 2.20. The standard InChI is InChI=1S/C15H16N4O2/c16-13-10-5-2-1-4-9(10)8-12(18-13)15(21)19-11-6-3-7-17-14(11)20/h1-2,4-5,8,11H,3,6-7H2,(H2,16,18)(H,17,20)(H,19,21). The molecule has 2 heterocycles. The molecule has 3 rings (SSSR count). The zero-order valence-corrected chi connectivity index (χ0v) is 11.4. The molecule has 2 amide bonds. The molecule has 108 valence electrons. The maximum Gasteiger partial charge on any atom is 0.270 e. The van der Waals surface area contributed by atoms with Crippen LogP contribution in [-0.4, -0.2) is 29.4 Å². The van der Waals surface area contributed by atoms with Gasteiger partial charge in [0.15, 0.2) is 0 Å². The van der Waals surface area contributed by atoms with Crippen molar-refractivity contribution in [2.45, 2.75) is 18.9 Å². The predicted molar refractivity (Wildman–Crippen MR) is 79.7 cm³/mol. The van der Waals surface area contributed by atoms with Gasteiger partial charge in [-0.15, -0.1) is 0 Å². The van der Waals surface area contributed by atoms with E-state index in [2.05, 4.69) is 15.6 Å². The van der Waals surface area contributed by atoms with E-state index in [1.54, 1.807) is 6.07 Å². The summed E-state index contributed by atoms with van der Waals surface area (Å²) in [6, 6.07) is 8.65. The molecule has 1 saturated heterocycles. The number of benzene rings is 1. The lowest BCUT2D eigenvalue weighted by Gasteiger charge is -2.22. The van der Waals surface area contributed by atoms with E-state index < -0.39 is 6.04 Å². The lowest BCUT2D eigenvalue weighted by molar-refractivity contribution is -0.124. The first-order valence-corrected chi connectivity index (χ1v) is 6.89. The van der Waals surface area contributed by atoms with Gasteiger partial charge in [0.05, 0.1) is 0 Å². The van der Waals surface area contributed by atoms with Crippen molar-refractivity contribution in [3.63, 3.8) is 0 Å². The van der Waals surface area contributed by atoms with Gasteiger partial charge in [0.1, 0.15) is 17.6 Å². The molecule has 6 heteroatoms. The minimum Gasteiger partial charge on any atom is -0.383 e. The van der Waals surface area contributed by atoms with Gasteiger partial charge in [-0.3, -0.25) is 9.59 Å². The number of fused-ring (bicyclic) bond motifs is 1. The first-order chi connectivity index (χ1) is 10.1. The smallest absolute Gasteiger partial charge is 0.270 e. The van der Waals surface area contributed by atoms with E-state index in [0.717, 1.165) is 17.2 Å². The normalized spacial score (nSPS) is 18.3. The molecular formula is C15H16N4O2. The molecule has 0 radical (unpaired) electrons. The van der Waals surface area contributed by atoms with Crippen molar-refractivity contribution in [1.29, 1.82) is 0 Å². The van der Waals surface area contributed by atoms with Crippen LogP contribution in [0.2, 0.25) is 0 Å². The average Bonchev–Trinajstić information content (AvgIpc) is 2.49. The number of piperidine rings is 1. The summed E-state index contributed by atoms with van der Waals surface area (Å²) in [5.41, 5.74) is 6.11. The van der Waals surface area contributed by atoms with Crippen LogP contribution in [0.25, 0.3) is 10.8 Å². The Kier molecular flexibility index (Phi) is 3.43. The molecule has 1 aliphatic heterocycles. The number of nitrogens with one attached hydrogen (secondary N) is 2. The number of aromatic nitrogens is 1. The minimum atomic E-state index is -0.499. The van der Waals surface area contributed by atoms with Crippen molar-refractivity contribution in [2.75, 3.05) is 12.3 Å². The number of anilines is 1. The topological polar surface area (TPSA) is 97.1 Å². The summed E-state index contributed by atoms with van der Waals surface area (Å²) in [6.45, 7) is 0.659. The van der Waals surface area contributed by atoms with Crippen LogP contribution in [0.3, 0.4) is 0 Å². The maximum atomic E-state index is 12.2. The number of nitrogen functional groups attached to an aromatic ring is 1. The molecule has 1 unspecified atom stereocenters. The van der Waals surface area contributed by atoms with Crippen LogP contribution < -0.4 is 16.4 Å². The summed E-state index contributed by atoms with van der Waals surface area (Å²) in [5, 5.41) is 7.10. The molecule has 0 spiro atoms. The van der Waals surface area contributed by atoms with Gasteiger partial charge in [-0.05, 0) is 24.3 Å². The van der Waals surface area contributed by atoms with E-state index in [9.17, 15) is 9.59 Å². The van der Waals surface area contributed by atoms with Gasteiger partial charge in [-0.2, -0.15) is 0 Å². The van der Waals surface area contributed by atoms with Crippen LogP contribution in [-0.2, 0) is 4.79 Å². The van der Waals surface area contributed by atoms with Crippen LogP contribution in [0.15, 0.2) is 30.3 Å². The van der Waals surface area contributed by atoms with Crippen LogP contribution in [0.5, 0.6) is 0 Å². The van der Waals surface area contributed by atoms with Gasteiger partial charge < -0.3 is 16.4 Å². The second kappa shape index (κ2) is 5.40. The van der Waals surface area contributed by atoms with Crippen molar-refractivity contribution in [3.05, 3.63) is 36.0 Å². The molecule has 1 aromatic carbocycles. The van der Waals surface area contributed by atoms with Crippen molar-refractivity contribution >= 4 is 28.4 Å². The fourth-order valence-corrected chi connectivity index (χ4v) is 2.48. The second-order valence-corrected chi connectivity index (χ2v) is 5.07. The summed E-state index contributed by atoms with van der Waals surface area (Å²) < 4.78 is 0. The Morgan fingerprint density at radius 3 is 3.00 bits per heavy atom. The molecule has 1 aliphatic rings. The number of hydrogen-bond donors (Lipinski definition) is 3. The first-order valence-electron chi connectivity index (χ1n) is 6.89. The van der Waals surface area contributed by atoms with E-state index in [1.165, 1.54) is 0 Å². The number of pyridine rings is 1. The van der Waals surface area contributed by atoms with Crippen LogP contribution >= 0.6 is 0 Å². The number of hydrogen-bond acceptors (Lipinski definition) is 4. The monoisotopic (exact) mass is 284 g/mol. The number of nitrogens with zero attached hydrogens (tertiary/aromatic N) is 1. The number of nitrogens with two attached hydrogens (primary N) is 1. The third-order valence-corrected chi connectivity index (χ3v) is 3.59. The number of carbonyl (C=O) groups excluding carboxylic acids is 2. The fourth-order valence-electron chi connectivity index (χ4n) is 2.48. The van der Waals surface area contributed by atoms with E-state index in [1.807, 2.05) is 24.3 Å². The highest BCUT2D eigenvalue weighted by Gasteiger charge is 2.24. The van der Waals surface area contributed by atoms with Crippen molar-refractivity contribution in [2.24, 2.45) is 0 Å². The molecule has 6 nitrogen and oxygen atoms in total. The van der Waals surface area contributed by atoms with Gasteiger partial charge in [0.2, 0.25) is 5.91 Å². The van der Waals surface area contributed by atoms with E-state index in [4.69, 9.17) is 5.73 Å². The molecule has 1 aromatic heterocycles. The minimum absolute atomic E-state index is 0.150. The van der Waals surface area contributed by atoms with Crippen molar-refractivity contribution < 1.29 is 9.59 Å². The van der Waals surface area contributed by atoms with Gasteiger partial charge >= 0.3 is 0 Å². The van der Waals surface area contributed by atoms with Gasteiger partial charge in [-0.25, -0.2) is 4.98 Å². The summed E-state index contributed by atoms with van der Waals surface area (Å²) >= 11 is 0. The molecule has 2 aromatic rings. The van der Waals surface area contributed by atoms with Gasteiger partial charge in [0.25, 0.3) is 5.91 Å². The Bertz CT molecular complexity index is 714. The third kappa shape index (κ3) is 2.65. The van der Waals surface area contributed by atoms with Gasteiger partial charge in [-0.1, -0.05) is 24.3 Å². The molecule has 0 bridgehead atoms. The maximum absolute atomic E-state index is 12.2. The molecule has 4 N–H and O–H groups in total. The molecule has 0 saturated carbocycles. The SMILES string of the molecule is Nc1nc(C(=O)NC2CCCNC2=O)cc2ccccc12. The Morgan fingerprint density at radius 1 is 1.38 bits per heavy atom. The first kappa shape index (κ1) is 13.4. The zero-order valence-electron chi connectivity index (χ0n) is 11.4. The molecule has 1 atom stereocenters. The summed E-state index contributed by atoms with van der Waals surface area (Å²) in [5.74, 6) is -0.218. The van der Waals surface area contributed by atoms with Crippen LogP contribution in [0.1, 0.15) is 23.3 Å². The fraction of sp³-hybridized carbons (Fsp3) is 0.267. The van der Waals surface area contributed by atoms with Crippen LogP contribution in [0, 0.1) is 0 Å². The van der Waals surface area contributed by atoms with E-state index in [0.29, 0.717) is 18.8 Å². The highest BCUT2D eigenvalue weighted by atomic mass is 16.2. The lowest BCUT2D eigenvalue weighted by atomic mass is 10.1. The Hall–Kier alpha value is -2.63. The van der Waals surface area contributed by atoms with E-state index in [-0.39, 0.29) is 17.5 Å². The second-order valence-electron chi connectivity index (χ2n) is 5.07. The van der Waals surface area contributed by atoms with Crippen molar-refractivity contribution in [3.8, 4) is 0 Å². The van der Waals surface area contributed by atoms with Crippen molar-refractivity contribution in [1.82, 2.24) is 15.6 Å². The molecular weight excluding hydrogens is 268 g/mol. The predicted octanol–water partition coefficient (Wildman–Crippen LogP) is 0.825. The third-order valence-electron chi connectivity index (χ3n) is 3.59. The van der Waals surface area contributed by atoms with Crippen LogP contribution in [0.4, 0.5) is 5.82 Å². The summed E-state index contributed by atoms with van der Waals surface area (Å²) in [7, 11) is 0. The number of carbonyl (C=O) groups is 2. The molecule has 21 heavy (non-hydrogen) atoms. The molecule has 1 fully saturated rings. The number of amides is 2. The summed E-state index contributed by atoms with van der Waals surface area (Å²) in [4.78, 5) is 28.0.